The van der Waals surface area contributed by atoms with E-state index in [1.807, 2.05) is 13.8 Å². The van der Waals surface area contributed by atoms with Crippen molar-refractivity contribution < 1.29 is 4.39 Å². The van der Waals surface area contributed by atoms with Crippen LogP contribution in [0.4, 0.5) is 16.0 Å². The van der Waals surface area contributed by atoms with Crippen LogP contribution in [0.1, 0.15) is 23.9 Å². The first-order valence-electron chi connectivity index (χ1n) is 6.47. The summed E-state index contributed by atoms with van der Waals surface area (Å²) in [5, 5.41) is 3.13. The fraction of sp³-hybridized carbons (Fsp3) is 0.286. The maximum absolute atomic E-state index is 13.6. The van der Waals surface area contributed by atoms with Crippen LogP contribution in [0.3, 0.4) is 0 Å². The molecule has 0 saturated heterocycles. The van der Waals surface area contributed by atoms with Crippen molar-refractivity contribution in [3.8, 4) is 0 Å². The second-order valence-electron chi connectivity index (χ2n) is 4.40. The molecular formula is C14H18FN5. The number of aromatic nitrogens is 2. The van der Waals surface area contributed by atoms with Crippen molar-refractivity contribution in [2.45, 2.75) is 26.8 Å². The van der Waals surface area contributed by atoms with Gasteiger partial charge in [-0.15, -0.1) is 0 Å². The highest BCUT2D eigenvalue weighted by Gasteiger charge is 2.10. The van der Waals surface area contributed by atoms with Crippen molar-refractivity contribution in [3.63, 3.8) is 0 Å². The van der Waals surface area contributed by atoms with Crippen LogP contribution in [0.2, 0.25) is 0 Å². The highest BCUT2D eigenvalue weighted by molar-refractivity contribution is 5.56. The van der Waals surface area contributed by atoms with E-state index >= 15 is 0 Å². The van der Waals surface area contributed by atoms with Gasteiger partial charge in [0.15, 0.2) is 0 Å². The summed E-state index contributed by atoms with van der Waals surface area (Å²) in [4.78, 5) is 8.69. The zero-order chi connectivity index (χ0) is 14.5. The quantitative estimate of drug-likeness (QED) is 0.577. The number of anilines is 2. The molecule has 0 aliphatic rings. The lowest BCUT2D eigenvalue weighted by molar-refractivity contribution is 0.613. The first kappa shape index (κ1) is 14.2. The van der Waals surface area contributed by atoms with E-state index in [1.54, 1.807) is 18.2 Å². The second kappa shape index (κ2) is 6.29. The highest BCUT2D eigenvalue weighted by atomic mass is 19.1. The maximum Gasteiger partial charge on any atom is 0.148 e. The molecule has 0 atom stereocenters. The Morgan fingerprint density at radius 1 is 1.20 bits per heavy atom. The minimum Gasteiger partial charge on any atom is -0.365 e. The molecule has 0 bridgehead atoms. The number of benzene rings is 1. The van der Waals surface area contributed by atoms with Crippen LogP contribution in [-0.4, -0.2) is 9.97 Å². The summed E-state index contributed by atoms with van der Waals surface area (Å²) in [6.07, 6.45) is 0.698. The van der Waals surface area contributed by atoms with Gasteiger partial charge in [-0.1, -0.05) is 25.1 Å². The Kier molecular flexibility index (Phi) is 4.47. The summed E-state index contributed by atoms with van der Waals surface area (Å²) in [5.41, 5.74) is 3.95. The summed E-state index contributed by atoms with van der Waals surface area (Å²) >= 11 is 0. The molecule has 5 nitrogen and oxygen atoms in total. The van der Waals surface area contributed by atoms with E-state index in [4.69, 9.17) is 5.84 Å². The van der Waals surface area contributed by atoms with E-state index in [0.29, 0.717) is 36.0 Å². The van der Waals surface area contributed by atoms with Gasteiger partial charge in [0.05, 0.1) is 0 Å². The van der Waals surface area contributed by atoms with Gasteiger partial charge in [-0.2, -0.15) is 0 Å². The molecule has 0 radical (unpaired) electrons. The lowest BCUT2D eigenvalue weighted by atomic mass is 10.2. The molecule has 1 heterocycles. The fourth-order valence-corrected chi connectivity index (χ4v) is 1.85. The van der Waals surface area contributed by atoms with Gasteiger partial charge in [-0.25, -0.2) is 20.2 Å². The summed E-state index contributed by atoms with van der Waals surface area (Å²) in [6, 6.07) is 6.65. The van der Waals surface area contributed by atoms with Crippen molar-refractivity contribution in [2.24, 2.45) is 5.84 Å². The molecule has 2 rings (SSSR count). The number of nitrogen functional groups attached to an aromatic ring is 1. The van der Waals surface area contributed by atoms with Crippen molar-refractivity contribution in [1.82, 2.24) is 9.97 Å². The monoisotopic (exact) mass is 275 g/mol. The first-order valence-corrected chi connectivity index (χ1v) is 6.47. The van der Waals surface area contributed by atoms with Crippen LogP contribution < -0.4 is 16.6 Å². The molecule has 1 aromatic heterocycles. The number of aryl methyl sites for hydroxylation is 1. The molecule has 0 unspecified atom stereocenters. The van der Waals surface area contributed by atoms with Crippen LogP contribution in [0.5, 0.6) is 0 Å². The molecule has 0 fully saturated rings. The normalized spacial score (nSPS) is 10.4. The average molecular weight is 275 g/mol. The molecule has 1 aromatic carbocycles. The van der Waals surface area contributed by atoms with Gasteiger partial charge in [-0.3, -0.25) is 0 Å². The number of halogens is 1. The number of hydrogen-bond acceptors (Lipinski definition) is 5. The zero-order valence-electron chi connectivity index (χ0n) is 11.6. The maximum atomic E-state index is 13.6. The molecule has 20 heavy (non-hydrogen) atoms. The molecule has 2 aromatic rings. The third-order valence-corrected chi connectivity index (χ3v) is 3.05. The Labute approximate surface area is 117 Å². The van der Waals surface area contributed by atoms with E-state index in [9.17, 15) is 4.39 Å². The summed E-state index contributed by atoms with van der Waals surface area (Å²) in [7, 11) is 0. The third kappa shape index (κ3) is 3.03. The van der Waals surface area contributed by atoms with Gasteiger partial charge >= 0.3 is 0 Å². The predicted molar refractivity (Wildman–Crippen MR) is 77.7 cm³/mol. The number of nitrogens with one attached hydrogen (secondary N) is 2. The lowest BCUT2D eigenvalue weighted by Gasteiger charge is -2.13. The standard InChI is InChI=1S/C14H18FN5/c1-3-12-18-13(9(2)14(19-12)20-16)17-8-10-6-4-5-7-11(10)15/h4-7H,3,8,16H2,1-2H3,(H2,17,18,19,20). The number of hydrogen-bond donors (Lipinski definition) is 3. The second-order valence-corrected chi connectivity index (χ2v) is 4.40. The fourth-order valence-electron chi connectivity index (χ4n) is 1.85. The van der Waals surface area contributed by atoms with Crippen LogP contribution in [0, 0.1) is 12.7 Å². The van der Waals surface area contributed by atoms with E-state index in [2.05, 4.69) is 20.7 Å². The summed E-state index contributed by atoms with van der Waals surface area (Å²) < 4.78 is 13.6. The van der Waals surface area contributed by atoms with Crippen molar-refractivity contribution >= 4 is 11.6 Å². The SMILES string of the molecule is CCc1nc(NN)c(C)c(NCc2ccccc2F)n1. The molecule has 106 valence electrons. The van der Waals surface area contributed by atoms with Crippen molar-refractivity contribution in [1.29, 1.82) is 0 Å². The highest BCUT2D eigenvalue weighted by Crippen LogP contribution is 2.20. The Balaban J connectivity index is 2.23. The Morgan fingerprint density at radius 2 is 1.90 bits per heavy atom. The Hall–Kier alpha value is -2.21. The van der Waals surface area contributed by atoms with Crippen LogP contribution in [-0.2, 0) is 13.0 Å². The van der Waals surface area contributed by atoms with Crippen LogP contribution in [0.25, 0.3) is 0 Å². The largest absolute Gasteiger partial charge is 0.365 e. The van der Waals surface area contributed by atoms with Gasteiger partial charge < -0.3 is 10.7 Å². The van der Waals surface area contributed by atoms with E-state index < -0.39 is 0 Å². The molecule has 0 aliphatic carbocycles. The molecule has 6 heteroatoms. The van der Waals surface area contributed by atoms with E-state index in [1.165, 1.54) is 6.07 Å². The van der Waals surface area contributed by atoms with E-state index in [-0.39, 0.29) is 5.82 Å². The number of nitrogens with zero attached hydrogens (tertiary/aromatic N) is 2. The van der Waals surface area contributed by atoms with Gasteiger partial charge in [0.25, 0.3) is 0 Å². The van der Waals surface area contributed by atoms with Crippen LogP contribution >= 0.6 is 0 Å². The summed E-state index contributed by atoms with van der Waals surface area (Å²) in [5.74, 6) is 7.13. The lowest BCUT2D eigenvalue weighted by Crippen LogP contribution is -2.15. The van der Waals surface area contributed by atoms with Crippen molar-refractivity contribution in [3.05, 3.63) is 47.0 Å². The smallest absolute Gasteiger partial charge is 0.148 e. The minimum atomic E-state index is -0.236. The predicted octanol–water partition coefficient (Wildman–Crippen LogP) is 2.38. The zero-order valence-corrected chi connectivity index (χ0v) is 11.6. The minimum absolute atomic E-state index is 0.236. The molecule has 0 amide bonds. The van der Waals surface area contributed by atoms with Gasteiger partial charge in [0.2, 0.25) is 0 Å². The Morgan fingerprint density at radius 3 is 2.55 bits per heavy atom. The van der Waals surface area contributed by atoms with E-state index in [0.717, 1.165) is 5.56 Å². The molecule has 0 aliphatic heterocycles. The molecule has 0 spiro atoms. The van der Waals surface area contributed by atoms with Gasteiger partial charge in [0.1, 0.15) is 23.3 Å². The number of hydrazine groups is 1. The summed E-state index contributed by atoms with van der Waals surface area (Å²) in [6.45, 7) is 4.18. The number of rotatable bonds is 5. The first-order chi connectivity index (χ1) is 9.65. The molecular weight excluding hydrogens is 257 g/mol. The topological polar surface area (TPSA) is 75.9 Å². The van der Waals surface area contributed by atoms with Gasteiger partial charge in [-0.05, 0) is 13.0 Å². The van der Waals surface area contributed by atoms with Crippen molar-refractivity contribution in [2.75, 3.05) is 10.7 Å². The third-order valence-electron chi connectivity index (χ3n) is 3.05. The molecule has 4 N–H and O–H groups in total. The average Bonchev–Trinajstić information content (AvgIpc) is 2.47. The van der Waals surface area contributed by atoms with Gasteiger partial charge in [0, 0.05) is 24.1 Å². The Bertz CT molecular complexity index is 600. The molecule has 0 saturated carbocycles. The van der Waals surface area contributed by atoms with Crippen LogP contribution in [0.15, 0.2) is 24.3 Å². The number of nitrogens with two attached hydrogens (primary N) is 1.